The summed E-state index contributed by atoms with van der Waals surface area (Å²) in [6.45, 7) is 0.352. The summed E-state index contributed by atoms with van der Waals surface area (Å²) in [5, 5.41) is 26.8. The van der Waals surface area contributed by atoms with Crippen molar-refractivity contribution in [1.82, 2.24) is 0 Å². The van der Waals surface area contributed by atoms with Crippen molar-refractivity contribution in [2.45, 2.75) is 12.2 Å². The Morgan fingerprint density at radius 2 is 2.00 bits per heavy atom. The van der Waals surface area contributed by atoms with Crippen LogP contribution in [-0.4, -0.2) is 47.3 Å². The van der Waals surface area contributed by atoms with Gasteiger partial charge in [0.25, 0.3) is 0 Å². The van der Waals surface area contributed by atoms with Gasteiger partial charge in [-0.3, -0.25) is 0 Å². The molecular weight excluding hydrogens is 136 g/mol. The monoisotopic (exact) mass is 148 g/mol. The topological polar surface area (TPSA) is 69.9 Å². The molecule has 1 heterocycles. The van der Waals surface area contributed by atoms with Crippen molar-refractivity contribution in [3.63, 3.8) is 0 Å². The predicted molar refractivity (Wildman–Crippen MR) is 33.4 cm³/mol. The zero-order chi connectivity index (χ0) is 7.56. The molecule has 4 heteroatoms. The lowest BCUT2D eigenvalue weighted by molar-refractivity contribution is -0.130. The third kappa shape index (κ3) is 1.46. The van der Waals surface area contributed by atoms with Gasteiger partial charge in [-0.25, -0.2) is 0 Å². The number of hydrogen-bond donors (Lipinski definition) is 3. The highest BCUT2D eigenvalue weighted by Crippen LogP contribution is 2.13. The molecule has 3 unspecified atom stereocenters. The van der Waals surface area contributed by atoms with Crippen LogP contribution in [0.2, 0.25) is 0 Å². The zero-order valence-electron chi connectivity index (χ0n) is 5.60. The Labute approximate surface area is 59.1 Å². The standard InChI is InChI=1S/C6H12O4/c7-1-4-2-10-3-5(8)6(4)9/h4-9H,1-3H2. The highest BCUT2D eigenvalue weighted by atomic mass is 16.5. The molecule has 1 rings (SSSR count). The summed E-state index contributed by atoms with van der Waals surface area (Å²) in [6, 6.07) is 0. The first kappa shape index (κ1) is 7.94. The van der Waals surface area contributed by atoms with Gasteiger partial charge in [0.05, 0.1) is 25.9 Å². The van der Waals surface area contributed by atoms with Gasteiger partial charge in [-0.2, -0.15) is 0 Å². The summed E-state index contributed by atoms with van der Waals surface area (Å²) >= 11 is 0. The Morgan fingerprint density at radius 3 is 2.50 bits per heavy atom. The van der Waals surface area contributed by atoms with E-state index in [4.69, 9.17) is 20.1 Å². The van der Waals surface area contributed by atoms with E-state index < -0.39 is 12.2 Å². The van der Waals surface area contributed by atoms with Crippen LogP contribution >= 0.6 is 0 Å². The molecule has 4 nitrogen and oxygen atoms in total. The van der Waals surface area contributed by atoms with Crippen molar-refractivity contribution in [1.29, 1.82) is 0 Å². The Bertz CT molecular complexity index is 106. The van der Waals surface area contributed by atoms with Crippen molar-refractivity contribution in [2.24, 2.45) is 5.92 Å². The first-order valence-corrected chi connectivity index (χ1v) is 3.30. The van der Waals surface area contributed by atoms with Crippen LogP contribution in [0.1, 0.15) is 0 Å². The molecule has 3 N–H and O–H groups in total. The van der Waals surface area contributed by atoms with Crippen LogP contribution in [0.15, 0.2) is 0 Å². The van der Waals surface area contributed by atoms with E-state index in [0.29, 0.717) is 6.61 Å². The number of rotatable bonds is 1. The van der Waals surface area contributed by atoms with E-state index in [1.807, 2.05) is 0 Å². The fourth-order valence-corrected chi connectivity index (χ4v) is 1.01. The van der Waals surface area contributed by atoms with Crippen LogP contribution in [0.4, 0.5) is 0 Å². The van der Waals surface area contributed by atoms with E-state index in [-0.39, 0.29) is 19.1 Å². The summed E-state index contributed by atoms with van der Waals surface area (Å²) in [5.41, 5.74) is 0. The van der Waals surface area contributed by atoms with Gasteiger partial charge in [-0.05, 0) is 0 Å². The summed E-state index contributed by atoms with van der Waals surface area (Å²) in [7, 11) is 0. The number of aliphatic hydroxyl groups is 3. The van der Waals surface area contributed by atoms with Crippen LogP contribution in [0, 0.1) is 5.92 Å². The fourth-order valence-electron chi connectivity index (χ4n) is 1.01. The maximum Gasteiger partial charge on any atom is 0.104 e. The average Bonchev–Trinajstić information content (AvgIpc) is 1.95. The molecule has 60 valence electrons. The SMILES string of the molecule is OCC1COCC(O)C1O. The predicted octanol–water partition coefficient (Wildman–Crippen LogP) is -1.65. The summed E-state index contributed by atoms with van der Waals surface area (Å²) in [6.07, 6.45) is -1.68. The van der Waals surface area contributed by atoms with Gasteiger partial charge < -0.3 is 20.1 Å². The van der Waals surface area contributed by atoms with Crippen LogP contribution in [0.5, 0.6) is 0 Å². The van der Waals surface area contributed by atoms with Crippen molar-refractivity contribution in [2.75, 3.05) is 19.8 Å². The number of ether oxygens (including phenoxy) is 1. The number of aliphatic hydroxyl groups excluding tert-OH is 3. The maximum absolute atomic E-state index is 9.15. The van der Waals surface area contributed by atoms with E-state index >= 15 is 0 Å². The molecule has 1 aliphatic heterocycles. The molecule has 1 fully saturated rings. The zero-order valence-corrected chi connectivity index (χ0v) is 5.60. The molecule has 0 aliphatic carbocycles. The van der Waals surface area contributed by atoms with Gasteiger partial charge in [0, 0.05) is 5.92 Å². The van der Waals surface area contributed by atoms with Gasteiger partial charge in [0.1, 0.15) is 6.10 Å². The molecule has 0 aromatic carbocycles. The second kappa shape index (κ2) is 3.30. The van der Waals surface area contributed by atoms with E-state index in [0.717, 1.165) is 0 Å². The van der Waals surface area contributed by atoms with Crippen molar-refractivity contribution in [3.05, 3.63) is 0 Å². The molecule has 0 aromatic heterocycles. The van der Waals surface area contributed by atoms with E-state index in [9.17, 15) is 0 Å². The third-order valence-corrected chi connectivity index (χ3v) is 1.73. The molecular formula is C6H12O4. The number of hydrogen-bond acceptors (Lipinski definition) is 4. The van der Waals surface area contributed by atoms with Crippen LogP contribution in [-0.2, 0) is 4.74 Å². The smallest absolute Gasteiger partial charge is 0.104 e. The Hall–Kier alpha value is -0.160. The summed E-state index contributed by atoms with van der Waals surface area (Å²) in [4.78, 5) is 0. The van der Waals surface area contributed by atoms with Gasteiger partial charge >= 0.3 is 0 Å². The van der Waals surface area contributed by atoms with Gasteiger partial charge in [-0.15, -0.1) is 0 Å². The molecule has 0 aromatic rings. The highest BCUT2D eigenvalue weighted by molar-refractivity contribution is 4.78. The largest absolute Gasteiger partial charge is 0.396 e. The van der Waals surface area contributed by atoms with E-state index in [1.54, 1.807) is 0 Å². The minimum atomic E-state index is -0.842. The second-order valence-corrected chi connectivity index (χ2v) is 2.54. The van der Waals surface area contributed by atoms with Gasteiger partial charge in [0.2, 0.25) is 0 Å². The Morgan fingerprint density at radius 1 is 1.30 bits per heavy atom. The summed E-state index contributed by atoms with van der Waals surface area (Å²) in [5.74, 6) is -0.330. The molecule has 0 saturated carbocycles. The Balaban J connectivity index is 2.42. The Kier molecular flexibility index (Phi) is 2.62. The fraction of sp³-hybridized carbons (Fsp3) is 1.00. The van der Waals surface area contributed by atoms with Crippen LogP contribution in [0.3, 0.4) is 0 Å². The third-order valence-electron chi connectivity index (χ3n) is 1.73. The van der Waals surface area contributed by atoms with Crippen molar-refractivity contribution >= 4 is 0 Å². The lowest BCUT2D eigenvalue weighted by Crippen LogP contribution is -2.45. The average molecular weight is 148 g/mol. The maximum atomic E-state index is 9.15. The lowest BCUT2D eigenvalue weighted by atomic mass is 9.98. The highest BCUT2D eigenvalue weighted by Gasteiger charge is 2.30. The molecule has 0 amide bonds. The summed E-state index contributed by atoms with van der Waals surface area (Å²) < 4.78 is 4.89. The quantitative estimate of drug-likeness (QED) is 0.416. The van der Waals surface area contributed by atoms with E-state index in [1.165, 1.54) is 0 Å². The lowest BCUT2D eigenvalue weighted by Gasteiger charge is -2.30. The first-order chi connectivity index (χ1) is 4.75. The van der Waals surface area contributed by atoms with E-state index in [2.05, 4.69) is 0 Å². The van der Waals surface area contributed by atoms with Gasteiger partial charge in [-0.1, -0.05) is 0 Å². The molecule has 10 heavy (non-hydrogen) atoms. The normalized spacial score (nSPS) is 41.7. The molecule has 0 spiro atoms. The molecule has 1 saturated heterocycles. The second-order valence-electron chi connectivity index (χ2n) is 2.54. The molecule has 0 bridgehead atoms. The molecule has 0 radical (unpaired) electrons. The first-order valence-electron chi connectivity index (χ1n) is 3.30. The van der Waals surface area contributed by atoms with Crippen molar-refractivity contribution < 1.29 is 20.1 Å². The van der Waals surface area contributed by atoms with Crippen molar-refractivity contribution in [3.8, 4) is 0 Å². The van der Waals surface area contributed by atoms with Crippen LogP contribution in [0.25, 0.3) is 0 Å². The van der Waals surface area contributed by atoms with Gasteiger partial charge in [0.15, 0.2) is 0 Å². The molecule has 1 aliphatic rings. The minimum Gasteiger partial charge on any atom is -0.396 e. The molecule has 3 atom stereocenters. The van der Waals surface area contributed by atoms with Crippen LogP contribution < -0.4 is 0 Å². The minimum absolute atomic E-state index is 0.141.